The van der Waals surface area contributed by atoms with E-state index in [1.54, 1.807) is 30.4 Å². The molecule has 0 spiro atoms. The quantitative estimate of drug-likeness (QED) is 0.590. The first kappa shape index (κ1) is 8.04. The van der Waals surface area contributed by atoms with Crippen LogP contribution in [0.15, 0.2) is 18.5 Å². The minimum atomic E-state index is 0.0740. The lowest BCUT2D eigenvalue weighted by atomic mass is 10.3. The summed E-state index contributed by atoms with van der Waals surface area (Å²) in [6.45, 7) is 0.432. The Labute approximate surface area is 76.1 Å². The van der Waals surface area contributed by atoms with Crippen LogP contribution in [0.3, 0.4) is 0 Å². The highest BCUT2D eigenvalue weighted by atomic mass is 16.5. The summed E-state index contributed by atoms with van der Waals surface area (Å²) in [7, 11) is 1.75. The largest absolute Gasteiger partial charge is 0.489 e. The summed E-state index contributed by atoms with van der Waals surface area (Å²) in [6, 6.07) is 1.78. The second-order valence-corrected chi connectivity index (χ2v) is 2.89. The van der Waals surface area contributed by atoms with Crippen LogP contribution < -0.4 is 9.64 Å². The zero-order chi connectivity index (χ0) is 9.26. The number of anilines is 1. The van der Waals surface area contributed by atoms with Crippen molar-refractivity contribution < 1.29 is 9.53 Å². The lowest BCUT2D eigenvalue weighted by molar-refractivity contribution is -0.118. The lowest BCUT2D eigenvalue weighted by Gasteiger charge is -2.14. The monoisotopic (exact) mass is 178 g/mol. The third-order valence-corrected chi connectivity index (χ3v) is 2.07. The highest BCUT2D eigenvalue weighted by molar-refractivity contribution is 5.94. The van der Waals surface area contributed by atoms with E-state index in [1.165, 1.54) is 0 Å². The van der Waals surface area contributed by atoms with Crippen molar-refractivity contribution in [3.63, 3.8) is 0 Å². The maximum Gasteiger partial charge on any atom is 0.230 e. The molecular formula is C9H10N2O2. The van der Waals surface area contributed by atoms with Crippen LogP contribution in [0.25, 0.3) is 0 Å². The van der Waals surface area contributed by atoms with Gasteiger partial charge in [-0.05, 0) is 6.07 Å². The second kappa shape index (κ2) is 3.05. The number of aromatic nitrogens is 1. The van der Waals surface area contributed by atoms with Crippen LogP contribution in [0.4, 0.5) is 5.69 Å². The van der Waals surface area contributed by atoms with Gasteiger partial charge in [0.1, 0.15) is 0 Å². The molecule has 4 nitrogen and oxygen atoms in total. The van der Waals surface area contributed by atoms with Crippen molar-refractivity contribution >= 4 is 11.6 Å². The smallest absolute Gasteiger partial charge is 0.230 e. The summed E-state index contributed by atoms with van der Waals surface area (Å²) in [5, 5.41) is 0. The summed E-state index contributed by atoms with van der Waals surface area (Å²) in [4.78, 5) is 16.9. The van der Waals surface area contributed by atoms with Gasteiger partial charge in [0, 0.05) is 13.2 Å². The fourth-order valence-corrected chi connectivity index (χ4v) is 1.31. The van der Waals surface area contributed by atoms with Crippen LogP contribution in [0.1, 0.15) is 6.42 Å². The average Bonchev–Trinajstić information content (AvgIpc) is 2.29. The van der Waals surface area contributed by atoms with Crippen molar-refractivity contribution in [1.29, 1.82) is 0 Å². The number of fused-ring (bicyclic) bond motifs is 1. The van der Waals surface area contributed by atoms with E-state index in [-0.39, 0.29) is 5.91 Å². The third-order valence-electron chi connectivity index (χ3n) is 2.07. The number of pyridine rings is 1. The third kappa shape index (κ3) is 1.35. The molecule has 0 aliphatic carbocycles. The van der Waals surface area contributed by atoms with Crippen LogP contribution >= 0.6 is 0 Å². The van der Waals surface area contributed by atoms with Gasteiger partial charge in [-0.2, -0.15) is 0 Å². The molecule has 0 saturated heterocycles. The molecule has 0 saturated carbocycles. The summed E-state index contributed by atoms with van der Waals surface area (Å²) in [5.74, 6) is 0.751. The molecule has 1 aliphatic rings. The molecule has 0 aromatic carbocycles. The number of carbonyl (C=O) groups is 1. The Morgan fingerprint density at radius 1 is 1.62 bits per heavy atom. The maximum absolute atomic E-state index is 11.4. The molecule has 0 N–H and O–H groups in total. The maximum atomic E-state index is 11.4. The Hall–Kier alpha value is -1.58. The molecule has 0 unspecified atom stereocenters. The van der Waals surface area contributed by atoms with Crippen molar-refractivity contribution in [3.05, 3.63) is 18.5 Å². The van der Waals surface area contributed by atoms with Gasteiger partial charge in [-0.1, -0.05) is 0 Å². The zero-order valence-electron chi connectivity index (χ0n) is 7.36. The van der Waals surface area contributed by atoms with Crippen molar-refractivity contribution in [3.8, 4) is 5.75 Å². The summed E-state index contributed by atoms with van der Waals surface area (Å²) < 4.78 is 5.36. The van der Waals surface area contributed by atoms with E-state index < -0.39 is 0 Å². The van der Waals surface area contributed by atoms with Gasteiger partial charge >= 0.3 is 0 Å². The van der Waals surface area contributed by atoms with Gasteiger partial charge in [0.05, 0.1) is 24.9 Å². The summed E-state index contributed by atoms with van der Waals surface area (Å²) >= 11 is 0. The SMILES string of the molecule is CN1C(=O)CCOc2cnccc21. The molecular weight excluding hydrogens is 168 g/mol. The van der Waals surface area contributed by atoms with Crippen LogP contribution in [0, 0.1) is 0 Å². The number of ether oxygens (including phenoxy) is 1. The van der Waals surface area contributed by atoms with E-state index in [4.69, 9.17) is 4.74 Å². The predicted octanol–water partition coefficient (Wildman–Crippen LogP) is 0.827. The molecule has 1 aromatic rings. The molecule has 1 aromatic heterocycles. The van der Waals surface area contributed by atoms with Gasteiger partial charge in [0.15, 0.2) is 5.75 Å². The molecule has 0 atom stereocenters. The number of hydrogen-bond acceptors (Lipinski definition) is 3. The number of carbonyl (C=O) groups excluding carboxylic acids is 1. The van der Waals surface area contributed by atoms with Gasteiger partial charge in [0.25, 0.3) is 0 Å². The Morgan fingerprint density at radius 3 is 3.31 bits per heavy atom. The van der Waals surface area contributed by atoms with Gasteiger partial charge in [0.2, 0.25) is 5.91 Å². The van der Waals surface area contributed by atoms with Crippen molar-refractivity contribution in [1.82, 2.24) is 4.98 Å². The highest BCUT2D eigenvalue weighted by Gasteiger charge is 2.18. The topological polar surface area (TPSA) is 42.4 Å². The van der Waals surface area contributed by atoms with Gasteiger partial charge in [-0.25, -0.2) is 0 Å². The van der Waals surface area contributed by atoms with Gasteiger partial charge in [-0.3, -0.25) is 9.78 Å². The molecule has 2 heterocycles. The van der Waals surface area contributed by atoms with E-state index in [2.05, 4.69) is 4.98 Å². The Kier molecular flexibility index (Phi) is 1.88. The Bertz CT molecular complexity index is 338. The molecule has 4 heteroatoms. The van der Waals surface area contributed by atoms with E-state index in [1.807, 2.05) is 0 Å². The average molecular weight is 178 g/mol. The number of nitrogens with zero attached hydrogens (tertiary/aromatic N) is 2. The number of amides is 1. The number of rotatable bonds is 0. The first-order valence-corrected chi connectivity index (χ1v) is 4.12. The standard InChI is InChI=1S/C9H10N2O2/c1-11-7-2-4-10-6-8(7)13-5-3-9(11)12/h2,4,6H,3,5H2,1H3. The highest BCUT2D eigenvalue weighted by Crippen LogP contribution is 2.28. The van der Waals surface area contributed by atoms with E-state index in [9.17, 15) is 4.79 Å². The molecule has 0 fully saturated rings. The van der Waals surface area contributed by atoms with Crippen LogP contribution in [-0.4, -0.2) is 24.5 Å². The summed E-state index contributed by atoms with van der Waals surface area (Å²) in [5.41, 5.74) is 0.789. The van der Waals surface area contributed by atoms with E-state index in [0.29, 0.717) is 18.8 Å². The first-order valence-electron chi connectivity index (χ1n) is 4.12. The van der Waals surface area contributed by atoms with Crippen molar-refractivity contribution in [2.45, 2.75) is 6.42 Å². The minimum absolute atomic E-state index is 0.0740. The molecule has 68 valence electrons. The molecule has 1 amide bonds. The molecule has 13 heavy (non-hydrogen) atoms. The van der Waals surface area contributed by atoms with E-state index in [0.717, 1.165) is 5.69 Å². The number of hydrogen-bond donors (Lipinski definition) is 0. The Balaban J connectivity index is 2.46. The fourth-order valence-electron chi connectivity index (χ4n) is 1.31. The predicted molar refractivity (Wildman–Crippen MR) is 47.8 cm³/mol. The zero-order valence-corrected chi connectivity index (χ0v) is 7.36. The molecule has 1 aliphatic heterocycles. The molecule has 0 bridgehead atoms. The summed E-state index contributed by atoms with van der Waals surface area (Å²) in [6.07, 6.45) is 3.70. The first-order chi connectivity index (χ1) is 6.29. The van der Waals surface area contributed by atoms with Crippen LogP contribution in [0.2, 0.25) is 0 Å². The van der Waals surface area contributed by atoms with Gasteiger partial charge in [-0.15, -0.1) is 0 Å². The second-order valence-electron chi connectivity index (χ2n) is 2.89. The van der Waals surface area contributed by atoms with Crippen LogP contribution in [-0.2, 0) is 4.79 Å². The van der Waals surface area contributed by atoms with Crippen molar-refractivity contribution in [2.75, 3.05) is 18.6 Å². The fraction of sp³-hybridized carbons (Fsp3) is 0.333. The van der Waals surface area contributed by atoms with Crippen molar-refractivity contribution in [2.24, 2.45) is 0 Å². The van der Waals surface area contributed by atoms with Gasteiger partial charge < -0.3 is 9.64 Å². The molecule has 0 radical (unpaired) electrons. The van der Waals surface area contributed by atoms with E-state index >= 15 is 0 Å². The minimum Gasteiger partial charge on any atom is -0.489 e. The van der Waals surface area contributed by atoms with Crippen LogP contribution in [0.5, 0.6) is 5.75 Å². The lowest BCUT2D eigenvalue weighted by Crippen LogP contribution is -2.25. The molecule has 2 rings (SSSR count). The normalized spacial score (nSPS) is 16.1. The Morgan fingerprint density at radius 2 is 2.46 bits per heavy atom.